The van der Waals surface area contributed by atoms with Gasteiger partial charge in [-0.25, -0.2) is 0 Å². The van der Waals surface area contributed by atoms with Gasteiger partial charge in [-0.1, -0.05) is 6.07 Å². The maximum absolute atomic E-state index is 11.7. The predicted molar refractivity (Wildman–Crippen MR) is 67.9 cm³/mol. The van der Waals surface area contributed by atoms with Gasteiger partial charge in [-0.3, -0.25) is 9.59 Å². The third kappa shape index (κ3) is 2.81. The molecule has 17 heavy (non-hydrogen) atoms. The van der Waals surface area contributed by atoms with Crippen LogP contribution in [0, 0.1) is 0 Å². The van der Waals surface area contributed by atoms with E-state index in [0.717, 1.165) is 4.88 Å². The summed E-state index contributed by atoms with van der Waals surface area (Å²) in [4.78, 5) is 25.9. The van der Waals surface area contributed by atoms with Crippen molar-refractivity contribution in [1.82, 2.24) is 4.90 Å². The van der Waals surface area contributed by atoms with Crippen LogP contribution in [0.5, 0.6) is 0 Å². The van der Waals surface area contributed by atoms with Gasteiger partial charge in [0.15, 0.2) is 0 Å². The Morgan fingerprint density at radius 2 is 2.47 bits per heavy atom. The zero-order chi connectivity index (χ0) is 12.3. The van der Waals surface area contributed by atoms with Crippen molar-refractivity contribution >= 4 is 35.0 Å². The van der Waals surface area contributed by atoms with E-state index in [0.29, 0.717) is 12.4 Å². The van der Waals surface area contributed by atoms with Crippen LogP contribution in [0.2, 0.25) is 0 Å². The standard InChI is InChI=1S/C11H13NO3S2/c1-2-15-10(14)6-12-9(13)7-17-11(12)8-4-3-5-16-8/h3-5,11H,2,6-7H2,1H3. The Bertz CT molecular complexity index is 405. The smallest absolute Gasteiger partial charge is 0.325 e. The number of carbonyl (C=O) groups is 2. The van der Waals surface area contributed by atoms with Gasteiger partial charge in [0.1, 0.15) is 11.9 Å². The second-order valence-electron chi connectivity index (χ2n) is 3.51. The summed E-state index contributed by atoms with van der Waals surface area (Å²) in [7, 11) is 0. The molecule has 1 saturated heterocycles. The minimum absolute atomic E-state index is 0.00135. The Balaban J connectivity index is 2.07. The highest BCUT2D eigenvalue weighted by Gasteiger charge is 2.34. The van der Waals surface area contributed by atoms with Crippen molar-refractivity contribution in [3.63, 3.8) is 0 Å². The van der Waals surface area contributed by atoms with E-state index in [-0.39, 0.29) is 23.8 Å². The quantitative estimate of drug-likeness (QED) is 0.785. The summed E-state index contributed by atoms with van der Waals surface area (Å²) in [5.74, 6) is 0.0912. The molecule has 1 aromatic heterocycles. The minimum atomic E-state index is -0.343. The van der Waals surface area contributed by atoms with E-state index < -0.39 is 0 Å². The fourth-order valence-electron chi connectivity index (χ4n) is 1.64. The molecule has 1 fully saturated rings. The van der Waals surface area contributed by atoms with E-state index in [4.69, 9.17) is 4.74 Å². The van der Waals surface area contributed by atoms with Crippen molar-refractivity contribution in [3.8, 4) is 0 Å². The number of esters is 1. The van der Waals surface area contributed by atoms with Crippen LogP contribution in [0.3, 0.4) is 0 Å². The fourth-order valence-corrected chi connectivity index (χ4v) is 3.81. The van der Waals surface area contributed by atoms with Crippen LogP contribution in [0.25, 0.3) is 0 Å². The van der Waals surface area contributed by atoms with Gasteiger partial charge in [0, 0.05) is 4.88 Å². The van der Waals surface area contributed by atoms with Crippen LogP contribution in [0.15, 0.2) is 17.5 Å². The van der Waals surface area contributed by atoms with Crippen molar-refractivity contribution in [3.05, 3.63) is 22.4 Å². The van der Waals surface area contributed by atoms with Crippen LogP contribution in [0.4, 0.5) is 0 Å². The molecule has 4 nitrogen and oxygen atoms in total. The number of carbonyl (C=O) groups excluding carboxylic acids is 2. The third-order valence-electron chi connectivity index (χ3n) is 2.36. The normalized spacial score (nSPS) is 19.7. The molecule has 1 aromatic rings. The summed E-state index contributed by atoms with van der Waals surface area (Å²) in [6.45, 7) is 2.15. The predicted octanol–water partition coefficient (Wildman–Crippen LogP) is 1.89. The summed E-state index contributed by atoms with van der Waals surface area (Å²) >= 11 is 3.15. The molecule has 2 rings (SSSR count). The first kappa shape index (κ1) is 12.4. The summed E-state index contributed by atoms with van der Waals surface area (Å²) in [6, 6.07) is 3.94. The van der Waals surface area contributed by atoms with Crippen molar-refractivity contribution in [2.45, 2.75) is 12.3 Å². The maximum Gasteiger partial charge on any atom is 0.325 e. The highest BCUT2D eigenvalue weighted by atomic mass is 32.2. The Kier molecular flexibility index (Phi) is 4.06. The first-order valence-electron chi connectivity index (χ1n) is 5.32. The van der Waals surface area contributed by atoms with E-state index in [2.05, 4.69) is 0 Å². The van der Waals surface area contributed by atoms with Crippen LogP contribution >= 0.6 is 23.1 Å². The molecular formula is C11H13NO3S2. The summed E-state index contributed by atoms with van der Waals surface area (Å²) in [5, 5.41) is 1.94. The van der Waals surface area contributed by atoms with Gasteiger partial charge in [0.25, 0.3) is 0 Å². The third-order valence-corrected chi connectivity index (χ3v) is 4.67. The lowest BCUT2D eigenvalue weighted by atomic mass is 10.4. The zero-order valence-electron chi connectivity index (χ0n) is 9.42. The van der Waals surface area contributed by atoms with Gasteiger partial charge >= 0.3 is 5.97 Å². The second-order valence-corrected chi connectivity index (χ2v) is 5.55. The molecule has 1 aliphatic rings. The van der Waals surface area contributed by atoms with Crippen molar-refractivity contribution in [2.75, 3.05) is 18.9 Å². The van der Waals surface area contributed by atoms with Crippen LogP contribution < -0.4 is 0 Å². The molecular weight excluding hydrogens is 258 g/mol. The number of thiophene rings is 1. The number of ether oxygens (including phenoxy) is 1. The first-order chi connectivity index (χ1) is 8.22. The van der Waals surface area contributed by atoms with Gasteiger partial charge in [0.05, 0.1) is 12.4 Å². The molecule has 6 heteroatoms. The lowest BCUT2D eigenvalue weighted by Gasteiger charge is -2.21. The largest absolute Gasteiger partial charge is 0.465 e. The molecule has 92 valence electrons. The van der Waals surface area contributed by atoms with Crippen LogP contribution in [-0.4, -0.2) is 35.7 Å². The van der Waals surface area contributed by atoms with Crippen LogP contribution in [-0.2, 0) is 14.3 Å². The highest BCUT2D eigenvalue weighted by Crippen LogP contribution is 2.40. The Labute approximate surface area is 108 Å². The number of amides is 1. The monoisotopic (exact) mass is 271 g/mol. The van der Waals surface area contributed by atoms with Gasteiger partial charge < -0.3 is 9.64 Å². The molecule has 2 heterocycles. The first-order valence-corrected chi connectivity index (χ1v) is 7.25. The molecule has 1 amide bonds. The Morgan fingerprint density at radius 1 is 1.65 bits per heavy atom. The maximum atomic E-state index is 11.7. The number of nitrogens with zero attached hydrogens (tertiary/aromatic N) is 1. The Hall–Kier alpha value is -1.01. The molecule has 0 aliphatic carbocycles. The summed E-state index contributed by atoms with van der Waals surface area (Å²) in [6.07, 6.45) is 0. The molecule has 0 saturated carbocycles. The zero-order valence-corrected chi connectivity index (χ0v) is 11.1. The lowest BCUT2D eigenvalue weighted by molar-refractivity contribution is -0.148. The van der Waals surface area contributed by atoms with Crippen molar-refractivity contribution in [2.24, 2.45) is 0 Å². The van der Waals surface area contributed by atoms with Crippen LogP contribution in [0.1, 0.15) is 17.2 Å². The van der Waals surface area contributed by atoms with Crippen molar-refractivity contribution < 1.29 is 14.3 Å². The minimum Gasteiger partial charge on any atom is -0.465 e. The average Bonchev–Trinajstić information content (AvgIpc) is 2.90. The Morgan fingerprint density at radius 3 is 3.12 bits per heavy atom. The summed E-state index contributed by atoms with van der Waals surface area (Å²) in [5.41, 5.74) is 0. The second kappa shape index (κ2) is 5.55. The SMILES string of the molecule is CCOC(=O)CN1C(=O)CSC1c1cccs1. The lowest BCUT2D eigenvalue weighted by Crippen LogP contribution is -2.34. The summed E-state index contributed by atoms with van der Waals surface area (Å²) < 4.78 is 4.88. The number of thioether (sulfide) groups is 1. The average molecular weight is 271 g/mol. The highest BCUT2D eigenvalue weighted by molar-refractivity contribution is 8.00. The van der Waals surface area contributed by atoms with E-state index in [1.54, 1.807) is 34.9 Å². The number of hydrogen-bond acceptors (Lipinski definition) is 5. The molecule has 1 aliphatic heterocycles. The van der Waals surface area contributed by atoms with Gasteiger partial charge in [-0.15, -0.1) is 23.1 Å². The fraction of sp³-hybridized carbons (Fsp3) is 0.455. The topological polar surface area (TPSA) is 46.6 Å². The number of hydrogen-bond donors (Lipinski definition) is 0. The molecule has 0 bridgehead atoms. The molecule has 1 atom stereocenters. The molecule has 0 aromatic carbocycles. The molecule has 0 spiro atoms. The van der Waals surface area contributed by atoms with E-state index in [1.165, 1.54) is 0 Å². The van der Waals surface area contributed by atoms with E-state index in [1.807, 2.05) is 17.5 Å². The molecule has 0 radical (unpaired) electrons. The van der Waals surface area contributed by atoms with Gasteiger partial charge in [-0.2, -0.15) is 0 Å². The number of rotatable bonds is 4. The van der Waals surface area contributed by atoms with Crippen molar-refractivity contribution in [1.29, 1.82) is 0 Å². The van der Waals surface area contributed by atoms with Gasteiger partial charge in [-0.05, 0) is 18.4 Å². The van der Waals surface area contributed by atoms with E-state index in [9.17, 15) is 9.59 Å². The van der Waals surface area contributed by atoms with Gasteiger partial charge in [0.2, 0.25) is 5.91 Å². The molecule has 0 N–H and O–H groups in total. The van der Waals surface area contributed by atoms with E-state index >= 15 is 0 Å². The molecule has 1 unspecified atom stereocenters.